The summed E-state index contributed by atoms with van der Waals surface area (Å²) in [6.07, 6.45) is 5.75. The fourth-order valence-electron chi connectivity index (χ4n) is 2.21. The predicted molar refractivity (Wildman–Crippen MR) is 110 cm³/mol. The molecule has 2 rings (SSSR count). The Morgan fingerprint density at radius 1 is 1.30 bits per heavy atom. The van der Waals surface area contributed by atoms with Gasteiger partial charge in [0.05, 0.1) is 0 Å². The van der Waals surface area contributed by atoms with Crippen LogP contribution in [0.5, 0.6) is 0 Å². The smallest absolute Gasteiger partial charge is 0.190 e. The first-order chi connectivity index (χ1) is 10.8. The molecule has 0 radical (unpaired) electrons. The van der Waals surface area contributed by atoms with Gasteiger partial charge in [0.1, 0.15) is 0 Å². The van der Waals surface area contributed by atoms with Crippen molar-refractivity contribution in [2.24, 2.45) is 10.9 Å². The fraction of sp³-hybridized carbons (Fsp3) is 0.412. The number of hydrogen-bond donors (Lipinski definition) is 2. The van der Waals surface area contributed by atoms with Crippen molar-refractivity contribution in [1.82, 2.24) is 15.6 Å². The number of nitrogens with zero attached hydrogens (tertiary/aromatic N) is 2. The lowest BCUT2D eigenvalue weighted by Gasteiger charge is -2.15. The van der Waals surface area contributed by atoms with E-state index >= 15 is 0 Å². The number of thiophene rings is 1. The number of hydrogen-bond acceptors (Lipinski definition) is 3. The largest absolute Gasteiger partial charge is 0.356 e. The highest BCUT2D eigenvalue weighted by atomic mass is 127. The Labute approximate surface area is 159 Å². The average molecular weight is 444 g/mol. The third-order valence-electron chi connectivity index (χ3n) is 3.40. The molecular formula is C17H25IN4S. The highest BCUT2D eigenvalue weighted by Crippen LogP contribution is 2.13. The molecule has 2 aromatic rings. The molecule has 1 atom stereocenters. The Kier molecular flexibility index (Phi) is 9.86. The van der Waals surface area contributed by atoms with Crippen LogP contribution in [0.15, 0.2) is 47.0 Å². The molecule has 0 aliphatic rings. The number of guanidine groups is 1. The fourth-order valence-corrected chi connectivity index (χ4v) is 3.08. The van der Waals surface area contributed by atoms with Crippen LogP contribution in [-0.2, 0) is 12.8 Å². The van der Waals surface area contributed by atoms with Gasteiger partial charge in [-0.15, -0.1) is 35.3 Å². The van der Waals surface area contributed by atoms with Gasteiger partial charge in [-0.3, -0.25) is 9.98 Å². The molecule has 0 spiro atoms. The zero-order valence-corrected chi connectivity index (χ0v) is 16.8. The summed E-state index contributed by atoms with van der Waals surface area (Å²) in [7, 11) is 1.81. The predicted octanol–water partition coefficient (Wildman–Crippen LogP) is 3.35. The molecule has 0 amide bonds. The molecule has 0 saturated heterocycles. The van der Waals surface area contributed by atoms with Gasteiger partial charge >= 0.3 is 0 Å². The summed E-state index contributed by atoms with van der Waals surface area (Å²) >= 11 is 1.82. The van der Waals surface area contributed by atoms with E-state index in [-0.39, 0.29) is 24.0 Å². The van der Waals surface area contributed by atoms with Gasteiger partial charge in [-0.05, 0) is 41.8 Å². The second-order valence-corrected chi connectivity index (χ2v) is 6.41. The van der Waals surface area contributed by atoms with Crippen molar-refractivity contribution in [3.63, 3.8) is 0 Å². The van der Waals surface area contributed by atoms with E-state index in [1.807, 2.05) is 30.6 Å². The second-order valence-electron chi connectivity index (χ2n) is 5.38. The first-order valence-electron chi connectivity index (χ1n) is 7.63. The normalized spacial score (nSPS) is 12.3. The van der Waals surface area contributed by atoms with Crippen LogP contribution in [0.1, 0.15) is 17.4 Å². The highest BCUT2D eigenvalue weighted by Gasteiger charge is 2.06. The van der Waals surface area contributed by atoms with Crippen LogP contribution in [0.4, 0.5) is 0 Å². The minimum Gasteiger partial charge on any atom is -0.356 e. The minimum atomic E-state index is 0. The second kappa shape index (κ2) is 11.4. The third-order valence-corrected chi connectivity index (χ3v) is 4.30. The van der Waals surface area contributed by atoms with Gasteiger partial charge in [-0.2, -0.15) is 0 Å². The van der Waals surface area contributed by atoms with E-state index in [0.29, 0.717) is 5.92 Å². The van der Waals surface area contributed by atoms with Crippen molar-refractivity contribution in [2.45, 2.75) is 19.8 Å². The van der Waals surface area contributed by atoms with Crippen molar-refractivity contribution in [3.05, 3.63) is 52.5 Å². The minimum absolute atomic E-state index is 0. The third kappa shape index (κ3) is 7.78. The highest BCUT2D eigenvalue weighted by molar-refractivity contribution is 14.0. The number of rotatable bonds is 7. The Morgan fingerprint density at radius 3 is 2.83 bits per heavy atom. The van der Waals surface area contributed by atoms with Gasteiger partial charge in [0.2, 0.25) is 0 Å². The summed E-state index contributed by atoms with van der Waals surface area (Å²) in [5, 5.41) is 8.87. The maximum Gasteiger partial charge on any atom is 0.190 e. The molecule has 2 aromatic heterocycles. The molecule has 2 heterocycles. The Morgan fingerprint density at radius 2 is 2.17 bits per heavy atom. The average Bonchev–Trinajstić information content (AvgIpc) is 3.04. The lowest BCUT2D eigenvalue weighted by Crippen LogP contribution is -2.40. The maximum atomic E-state index is 4.27. The molecule has 1 unspecified atom stereocenters. The molecule has 0 saturated carbocycles. The number of pyridine rings is 1. The molecule has 2 N–H and O–H groups in total. The monoisotopic (exact) mass is 444 g/mol. The van der Waals surface area contributed by atoms with E-state index in [9.17, 15) is 0 Å². The van der Waals surface area contributed by atoms with E-state index in [1.165, 1.54) is 10.4 Å². The summed E-state index contributed by atoms with van der Waals surface area (Å²) in [4.78, 5) is 9.83. The molecule has 23 heavy (non-hydrogen) atoms. The molecule has 126 valence electrons. The van der Waals surface area contributed by atoms with Crippen LogP contribution in [0, 0.1) is 5.92 Å². The molecular weight excluding hydrogens is 419 g/mol. The van der Waals surface area contributed by atoms with Gasteiger partial charge < -0.3 is 10.6 Å². The van der Waals surface area contributed by atoms with Crippen LogP contribution in [0.25, 0.3) is 0 Å². The van der Waals surface area contributed by atoms with Crippen LogP contribution in [0.3, 0.4) is 0 Å². The van der Waals surface area contributed by atoms with E-state index in [0.717, 1.165) is 31.9 Å². The SMILES string of the molecule is CN=C(NCCc1cccnc1)NCC(C)Cc1cccs1.I. The zero-order chi connectivity index (χ0) is 15.6. The summed E-state index contributed by atoms with van der Waals surface area (Å²) in [5.74, 6) is 1.44. The van der Waals surface area contributed by atoms with Crippen molar-refractivity contribution >= 4 is 41.3 Å². The number of halogens is 1. The zero-order valence-electron chi connectivity index (χ0n) is 13.7. The Bertz CT molecular complexity index is 557. The van der Waals surface area contributed by atoms with E-state index < -0.39 is 0 Å². The van der Waals surface area contributed by atoms with E-state index in [4.69, 9.17) is 0 Å². The van der Waals surface area contributed by atoms with E-state index in [1.54, 1.807) is 6.20 Å². The van der Waals surface area contributed by atoms with Crippen LogP contribution in [0.2, 0.25) is 0 Å². The van der Waals surface area contributed by atoms with Crippen LogP contribution in [-0.4, -0.2) is 31.1 Å². The van der Waals surface area contributed by atoms with Crippen LogP contribution >= 0.6 is 35.3 Å². The van der Waals surface area contributed by atoms with Gasteiger partial charge in [0.15, 0.2) is 5.96 Å². The molecule has 0 fully saturated rings. The molecule has 0 aliphatic carbocycles. The van der Waals surface area contributed by atoms with Crippen molar-refractivity contribution in [3.8, 4) is 0 Å². The van der Waals surface area contributed by atoms with Gasteiger partial charge in [-0.1, -0.05) is 19.1 Å². The molecule has 0 aromatic carbocycles. The lowest BCUT2D eigenvalue weighted by molar-refractivity contribution is 0.562. The standard InChI is InChI=1S/C17H24N4S.HI/c1-14(11-16-6-4-10-22-16)12-21-17(18-2)20-9-7-15-5-3-8-19-13-15;/h3-6,8,10,13-14H,7,9,11-12H2,1-2H3,(H2,18,20,21);1H. The summed E-state index contributed by atoms with van der Waals surface area (Å²) in [6.45, 7) is 4.03. The first-order valence-corrected chi connectivity index (χ1v) is 8.51. The number of nitrogens with one attached hydrogen (secondary N) is 2. The first kappa shape index (κ1) is 19.9. The molecule has 0 bridgehead atoms. The maximum absolute atomic E-state index is 4.27. The lowest BCUT2D eigenvalue weighted by atomic mass is 10.1. The number of aliphatic imine (C=N–C) groups is 1. The molecule has 0 aliphatic heterocycles. The number of aromatic nitrogens is 1. The quantitative estimate of drug-likeness (QED) is 0.391. The van der Waals surface area contributed by atoms with Crippen molar-refractivity contribution < 1.29 is 0 Å². The van der Waals surface area contributed by atoms with Crippen molar-refractivity contribution in [2.75, 3.05) is 20.1 Å². The summed E-state index contributed by atoms with van der Waals surface area (Å²) < 4.78 is 0. The Hall–Kier alpha value is -1.15. The van der Waals surface area contributed by atoms with E-state index in [2.05, 4.69) is 51.1 Å². The van der Waals surface area contributed by atoms with Crippen molar-refractivity contribution in [1.29, 1.82) is 0 Å². The molecule has 4 nitrogen and oxygen atoms in total. The summed E-state index contributed by atoms with van der Waals surface area (Å²) in [6, 6.07) is 8.36. The van der Waals surface area contributed by atoms with Gasteiger partial charge in [0, 0.05) is 37.4 Å². The van der Waals surface area contributed by atoms with Gasteiger partial charge in [-0.25, -0.2) is 0 Å². The topological polar surface area (TPSA) is 49.3 Å². The Balaban J connectivity index is 0.00000264. The van der Waals surface area contributed by atoms with Gasteiger partial charge in [0.25, 0.3) is 0 Å². The summed E-state index contributed by atoms with van der Waals surface area (Å²) in [5.41, 5.74) is 1.23. The van der Waals surface area contributed by atoms with Crippen LogP contribution < -0.4 is 10.6 Å². The molecule has 6 heteroatoms.